The molecule has 0 unspecified atom stereocenters. The van der Waals surface area contributed by atoms with Crippen LogP contribution in [0, 0.1) is 0 Å². The molecule has 5 rings (SSSR count). The fraction of sp³-hybridized carbons (Fsp3) is 0.0476. The van der Waals surface area contributed by atoms with Crippen LogP contribution in [0.25, 0.3) is 22.0 Å². The summed E-state index contributed by atoms with van der Waals surface area (Å²) in [6, 6.07) is 19.5. The van der Waals surface area contributed by atoms with Crippen LogP contribution < -0.4 is 14.2 Å². The van der Waals surface area contributed by atoms with Crippen LogP contribution in [0.5, 0.6) is 23.1 Å². The van der Waals surface area contributed by atoms with E-state index in [1.165, 1.54) is 0 Å². The number of aromatic nitrogens is 2. The highest BCUT2D eigenvalue weighted by Crippen LogP contribution is 2.38. The average Bonchev–Trinajstić information content (AvgIpc) is 3.16. The molecule has 1 aliphatic rings. The van der Waals surface area contributed by atoms with E-state index in [1.54, 1.807) is 12.4 Å². The Morgan fingerprint density at radius 1 is 0.846 bits per heavy atom. The quantitative estimate of drug-likeness (QED) is 0.534. The van der Waals surface area contributed by atoms with Crippen LogP contribution in [0.2, 0.25) is 0 Å². The van der Waals surface area contributed by atoms with Crippen molar-refractivity contribution >= 4 is 10.8 Å². The molecule has 2 aromatic carbocycles. The Labute approximate surface area is 149 Å². The first-order valence-corrected chi connectivity index (χ1v) is 8.24. The maximum atomic E-state index is 6.12. The molecule has 1 aliphatic heterocycles. The van der Waals surface area contributed by atoms with Crippen molar-refractivity contribution in [2.75, 3.05) is 6.79 Å². The molecule has 4 aromatic rings. The lowest BCUT2D eigenvalue weighted by Crippen LogP contribution is -1.93. The van der Waals surface area contributed by atoms with E-state index in [2.05, 4.69) is 11.1 Å². The SMILES string of the molecule is c1ccc2c(Oc3ccc4c(c3)OCO4)nc(-c3ccncc3)cc2c1. The molecule has 5 heteroatoms. The number of fused-ring (bicyclic) bond motifs is 2. The van der Waals surface area contributed by atoms with Gasteiger partial charge in [-0.05, 0) is 41.8 Å². The molecular formula is C21H14N2O3. The monoisotopic (exact) mass is 342 g/mol. The summed E-state index contributed by atoms with van der Waals surface area (Å²) in [5.41, 5.74) is 1.82. The second-order valence-corrected chi connectivity index (χ2v) is 5.89. The molecule has 3 heterocycles. The third-order valence-corrected chi connectivity index (χ3v) is 4.24. The number of pyridine rings is 2. The van der Waals surface area contributed by atoms with Gasteiger partial charge in [-0.25, -0.2) is 4.98 Å². The minimum absolute atomic E-state index is 0.234. The molecule has 0 radical (unpaired) electrons. The minimum Gasteiger partial charge on any atom is -0.454 e. The lowest BCUT2D eigenvalue weighted by molar-refractivity contribution is 0.174. The van der Waals surface area contributed by atoms with Gasteiger partial charge < -0.3 is 14.2 Å². The van der Waals surface area contributed by atoms with Gasteiger partial charge >= 0.3 is 0 Å². The molecule has 0 saturated carbocycles. The molecule has 26 heavy (non-hydrogen) atoms. The van der Waals surface area contributed by atoms with Crippen LogP contribution in [0.4, 0.5) is 0 Å². The third-order valence-electron chi connectivity index (χ3n) is 4.24. The molecule has 0 N–H and O–H groups in total. The summed E-state index contributed by atoms with van der Waals surface area (Å²) in [5, 5.41) is 2.01. The first kappa shape index (κ1) is 14.7. The van der Waals surface area contributed by atoms with E-state index in [1.807, 2.05) is 54.6 Å². The highest BCUT2D eigenvalue weighted by Gasteiger charge is 2.15. The summed E-state index contributed by atoms with van der Waals surface area (Å²) in [4.78, 5) is 8.81. The van der Waals surface area contributed by atoms with Crippen molar-refractivity contribution in [2.24, 2.45) is 0 Å². The highest BCUT2D eigenvalue weighted by atomic mass is 16.7. The van der Waals surface area contributed by atoms with Gasteiger partial charge in [0.25, 0.3) is 0 Å². The van der Waals surface area contributed by atoms with E-state index in [0.29, 0.717) is 17.4 Å². The smallest absolute Gasteiger partial charge is 0.231 e. The average molecular weight is 342 g/mol. The second kappa shape index (κ2) is 6.04. The number of nitrogens with zero attached hydrogens (tertiary/aromatic N) is 2. The first-order chi connectivity index (χ1) is 12.9. The Hall–Kier alpha value is -3.60. The van der Waals surface area contributed by atoms with E-state index in [4.69, 9.17) is 19.2 Å². The molecule has 0 amide bonds. The zero-order chi connectivity index (χ0) is 17.3. The fourth-order valence-electron chi connectivity index (χ4n) is 2.97. The molecular weight excluding hydrogens is 328 g/mol. The second-order valence-electron chi connectivity index (χ2n) is 5.89. The Kier molecular flexibility index (Phi) is 3.42. The maximum absolute atomic E-state index is 6.12. The van der Waals surface area contributed by atoms with Crippen molar-refractivity contribution in [3.8, 4) is 34.4 Å². The Bertz CT molecular complexity index is 1100. The largest absolute Gasteiger partial charge is 0.454 e. The Morgan fingerprint density at radius 3 is 2.62 bits per heavy atom. The van der Waals surface area contributed by atoms with Gasteiger partial charge in [0.15, 0.2) is 11.5 Å². The number of hydrogen-bond acceptors (Lipinski definition) is 5. The Balaban J connectivity index is 1.62. The summed E-state index contributed by atoms with van der Waals surface area (Å²) < 4.78 is 16.9. The zero-order valence-corrected chi connectivity index (χ0v) is 13.8. The van der Waals surface area contributed by atoms with Crippen molar-refractivity contribution in [2.45, 2.75) is 0 Å². The van der Waals surface area contributed by atoms with Crippen molar-refractivity contribution in [3.05, 3.63) is 73.1 Å². The van der Waals surface area contributed by atoms with Crippen LogP contribution in [-0.4, -0.2) is 16.8 Å². The van der Waals surface area contributed by atoms with Gasteiger partial charge in [0.2, 0.25) is 12.7 Å². The molecule has 0 atom stereocenters. The molecule has 126 valence electrons. The van der Waals surface area contributed by atoms with E-state index >= 15 is 0 Å². The van der Waals surface area contributed by atoms with Gasteiger partial charge in [-0.15, -0.1) is 0 Å². The van der Waals surface area contributed by atoms with Crippen LogP contribution in [-0.2, 0) is 0 Å². The first-order valence-electron chi connectivity index (χ1n) is 8.24. The van der Waals surface area contributed by atoms with Gasteiger partial charge in [0, 0.05) is 29.4 Å². The van der Waals surface area contributed by atoms with Gasteiger partial charge in [-0.2, -0.15) is 0 Å². The van der Waals surface area contributed by atoms with E-state index in [0.717, 1.165) is 27.8 Å². The van der Waals surface area contributed by atoms with Crippen LogP contribution in [0.1, 0.15) is 0 Å². The normalized spacial score (nSPS) is 12.3. The van der Waals surface area contributed by atoms with Crippen molar-refractivity contribution < 1.29 is 14.2 Å². The minimum atomic E-state index is 0.234. The van der Waals surface area contributed by atoms with Crippen molar-refractivity contribution in [3.63, 3.8) is 0 Å². The van der Waals surface area contributed by atoms with Gasteiger partial charge in [-0.3, -0.25) is 4.98 Å². The topological polar surface area (TPSA) is 53.5 Å². The summed E-state index contributed by atoms with van der Waals surface area (Å²) in [5.74, 6) is 2.60. The van der Waals surface area contributed by atoms with E-state index in [-0.39, 0.29) is 6.79 Å². The zero-order valence-electron chi connectivity index (χ0n) is 13.8. The van der Waals surface area contributed by atoms with Gasteiger partial charge in [0.1, 0.15) is 5.75 Å². The molecule has 0 fully saturated rings. The molecule has 0 spiro atoms. The third kappa shape index (κ3) is 2.59. The van der Waals surface area contributed by atoms with E-state index in [9.17, 15) is 0 Å². The van der Waals surface area contributed by atoms with Gasteiger partial charge in [-0.1, -0.05) is 18.2 Å². The number of ether oxygens (including phenoxy) is 3. The lowest BCUT2D eigenvalue weighted by atomic mass is 10.1. The predicted molar refractivity (Wildman–Crippen MR) is 97.6 cm³/mol. The molecule has 0 aliphatic carbocycles. The van der Waals surface area contributed by atoms with Crippen molar-refractivity contribution in [1.82, 2.24) is 9.97 Å². The number of hydrogen-bond donors (Lipinski definition) is 0. The van der Waals surface area contributed by atoms with E-state index < -0.39 is 0 Å². The van der Waals surface area contributed by atoms with Crippen LogP contribution >= 0.6 is 0 Å². The Morgan fingerprint density at radius 2 is 1.69 bits per heavy atom. The van der Waals surface area contributed by atoms with Crippen LogP contribution in [0.15, 0.2) is 73.1 Å². The summed E-state index contributed by atoms with van der Waals surface area (Å²) in [6.07, 6.45) is 3.51. The maximum Gasteiger partial charge on any atom is 0.231 e. The molecule has 5 nitrogen and oxygen atoms in total. The molecule has 0 bridgehead atoms. The predicted octanol–water partition coefficient (Wildman–Crippen LogP) is 4.82. The number of rotatable bonds is 3. The summed E-state index contributed by atoms with van der Waals surface area (Å²) >= 11 is 0. The summed E-state index contributed by atoms with van der Waals surface area (Å²) in [7, 11) is 0. The number of benzene rings is 2. The van der Waals surface area contributed by atoms with Crippen molar-refractivity contribution in [1.29, 1.82) is 0 Å². The fourth-order valence-corrected chi connectivity index (χ4v) is 2.97. The van der Waals surface area contributed by atoms with Gasteiger partial charge in [0.05, 0.1) is 5.69 Å². The molecule has 0 saturated heterocycles. The summed E-state index contributed by atoms with van der Waals surface area (Å²) in [6.45, 7) is 0.234. The van der Waals surface area contributed by atoms with Crippen LogP contribution in [0.3, 0.4) is 0 Å². The lowest BCUT2D eigenvalue weighted by Gasteiger charge is -2.11. The standard InChI is InChI=1S/C21H14N2O3/c1-2-4-17-15(3-1)11-18(14-7-9-22-10-8-14)23-21(17)26-16-5-6-19-20(12-16)25-13-24-19/h1-12H,13H2. The molecule has 2 aromatic heterocycles. The highest BCUT2D eigenvalue weighted by molar-refractivity contribution is 5.90.